The Hall–Kier alpha value is 0.350. The number of ether oxygens (including phenoxy) is 2. The van der Waals surface area contributed by atoms with Crippen molar-refractivity contribution in [1.82, 2.24) is 5.32 Å². The minimum Gasteiger partial charge on any atom is -0.378 e. The maximum absolute atomic E-state index is 11.6. The van der Waals surface area contributed by atoms with Crippen LogP contribution in [0.5, 0.6) is 0 Å². The van der Waals surface area contributed by atoms with E-state index in [4.69, 9.17) is 15.2 Å². The zero-order chi connectivity index (χ0) is 17.0. The SMILES string of the molecule is CCCCCCCCCCCC(=O)NCCOCCOCCN.[Na]. The van der Waals surface area contributed by atoms with Gasteiger partial charge in [0.1, 0.15) is 0 Å². The number of hydrogen-bond acceptors (Lipinski definition) is 4. The van der Waals surface area contributed by atoms with Crippen LogP contribution >= 0.6 is 0 Å². The number of rotatable bonds is 18. The Morgan fingerprint density at radius 2 is 1.38 bits per heavy atom. The minimum absolute atomic E-state index is 0. The Bertz CT molecular complexity index is 256. The molecule has 1 radical (unpaired) electrons. The zero-order valence-corrected chi connectivity index (χ0v) is 18.1. The van der Waals surface area contributed by atoms with Crippen molar-refractivity contribution in [2.45, 2.75) is 71.1 Å². The molecule has 0 spiro atoms. The van der Waals surface area contributed by atoms with E-state index in [1.165, 1.54) is 44.9 Å². The Labute approximate surface area is 171 Å². The van der Waals surface area contributed by atoms with Crippen molar-refractivity contribution in [3.05, 3.63) is 0 Å². The fraction of sp³-hybridized carbons (Fsp3) is 0.944. The van der Waals surface area contributed by atoms with Crippen LogP contribution in [0, 0.1) is 0 Å². The molecule has 0 fully saturated rings. The monoisotopic (exact) mass is 353 g/mol. The summed E-state index contributed by atoms with van der Waals surface area (Å²) >= 11 is 0. The number of nitrogens with two attached hydrogens (primary N) is 1. The number of carbonyl (C=O) groups is 1. The van der Waals surface area contributed by atoms with Crippen molar-refractivity contribution in [2.75, 3.05) is 39.5 Å². The van der Waals surface area contributed by atoms with Crippen LogP contribution < -0.4 is 11.1 Å². The van der Waals surface area contributed by atoms with Crippen LogP contribution in [0.25, 0.3) is 0 Å². The van der Waals surface area contributed by atoms with E-state index in [1.54, 1.807) is 0 Å². The van der Waals surface area contributed by atoms with Crippen LogP contribution in [0.1, 0.15) is 71.1 Å². The predicted molar refractivity (Wildman–Crippen MR) is 101 cm³/mol. The first kappa shape index (κ1) is 26.6. The van der Waals surface area contributed by atoms with E-state index in [0.29, 0.717) is 45.9 Å². The van der Waals surface area contributed by atoms with E-state index in [0.717, 1.165) is 12.8 Å². The third kappa shape index (κ3) is 22.4. The molecule has 0 aliphatic carbocycles. The van der Waals surface area contributed by atoms with Crippen molar-refractivity contribution in [2.24, 2.45) is 5.73 Å². The molecule has 24 heavy (non-hydrogen) atoms. The Balaban J connectivity index is 0. The molecule has 0 saturated carbocycles. The van der Waals surface area contributed by atoms with E-state index in [9.17, 15) is 4.79 Å². The van der Waals surface area contributed by atoms with Gasteiger partial charge in [-0.2, -0.15) is 0 Å². The normalized spacial score (nSPS) is 10.4. The summed E-state index contributed by atoms with van der Waals surface area (Å²) in [5.41, 5.74) is 5.30. The van der Waals surface area contributed by atoms with Gasteiger partial charge in [0.25, 0.3) is 0 Å². The van der Waals surface area contributed by atoms with Gasteiger partial charge in [-0.25, -0.2) is 0 Å². The molecule has 0 aromatic heterocycles. The second kappa shape index (κ2) is 23.4. The summed E-state index contributed by atoms with van der Waals surface area (Å²) in [7, 11) is 0. The van der Waals surface area contributed by atoms with Crippen molar-refractivity contribution < 1.29 is 14.3 Å². The molecular weight excluding hydrogens is 315 g/mol. The summed E-state index contributed by atoms with van der Waals surface area (Å²) in [5.74, 6) is 0.135. The molecule has 0 heterocycles. The third-order valence-electron chi connectivity index (χ3n) is 3.71. The first-order valence-electron chi connectivity index (χ1n) is 9.43. The van der Waals surface area contributed by atoms with E-state index in [2.05, 4.69) is 12.2 Å². The second-order valence-corrected chi connectivity index (χ2v) is 5.94. The van der Waals surface area contributed by atoms with Crippen LogP contribution in [0.15, 0.2) is 0 Å². The van der Waals surface area contributed by atoms with E-state index < -0.39 is 0 Å². The second-order valence-electron chi connectivity index (χ2n) is 5.94. The molecule has 0 aliphatic heterocycles. The van der Waals surface area contributed by atoms with E-state index in [1.807, 2.05) is 0 Å². The number of hydrogen-bond donors (Lipinski definition) is 2. The number of unbranched alkanes of at least 4 members (excludes halogenated alkanes) is 8. The van der Waals surface area contributed by atoms with Gasteiger partial charge in [0.15, 0.2) is 0 Å². The van der Waals surface area contributed by atoms with Gasteiger partial charge in [-0.3, -0.25) is 4.79 Å². The molecule has 0 saturated heterocycles. The Morgan fingerprint density at radius 3 is 1.96 bits per heavy atom. The molecule has 6 heteroatoms. The summed E-state index contributed by atoms with van der Waals surface area (Å²) in [6.07, 6.45) is 12.1. The Morgan fingerprint density at radius 1 is 0.833 bits per heavy atom. The molecule has 0 atom stereocenters. The third-order valence-corrected chi connectivity index (χ3v) is 3.71. The van der Waals surface area contributed by atoms with Crippen LogP contribution in [0.2, 0.25) is 0 Å². The standard InChI is InChI=1S/C18H38N2O3.Na/c1-2-3-4-5-6-7-8-9-10-11-18(21)20-13-15-23-17-16-22-14-12-19;/h2-17,19H2,1H3,(H,20,21);. The molecule has 139 valence electrons. The largest absolute Gasteiger partial charge is 0.378 e. The number of nitrogens with one attached hydrogen (secondary N) is 1. The van der Waals surface area contributed by atoms with Gasteiger partial charge in [0.05, 0.1) is 26.4 Å². The molecule has 5 nitrogen and oxygen atoms in total. The number of amides is 1. The van der Waals surface area contributed by atoms with Crippen molar-refractivity contribution >= 4 is 35.5 Å². The molecular formula is C18H38N2NaO3. The van der Waals surface area contributed by atoms with Gasteiger partial charge in [-0.1, -0.05) is 58.3 Å². The average Bonchev–Trinajstić information content (AvgIpc) is 2.56. The number of carbonyl (C=O) groups excluding carboxylic acids is 1. The van der Waals surface area contributed by atoms with Crippen LogP contribution in [0.3, 0.4) is 0 Å². The van der Waals surface area contributed by atoms with Crippen molar-refractivity contribution in [3.63, 3.8) is 0 Å². The first-order chi connectivity index (χ1) is 11.3. The topological polar surface area (TPSA) is 73.6 Å². The van der Waals surface area contributed by atoms with Crippen LogP contribution in [-0.4, -0.2) is 75.0 Å². The fourth-order valence-corrected chi connectivity index (χ4v) is 2.35. The summed E-state index contributed by atoms with van der Waals surface area (Å²) in [5, 5.41) is 2.89. The molecule has 3 N–H and O–H groups in total. The van der Waals surface area contributed by atoms with Crippen molar-refractivity contribution in [3.8, 4) is 0 Å². The van der Waals surface area contributed by atoms with Gasteiger partial charge >= 0.3 is 0 Å². The van der Waals surface area contributed by atoms with E-state index >= 15 is 0 Å². The summed E-state index contributed by atoms with van der Waals surface area (Å²) in [6.45, 7) is 5.57. The molecule has 0 aromatic carbocycles. The molecule has 0 aromatic rings. The van der Waals surface area contributed by atoms with Crippen LogP contribution in [-0.2, 0) is 14.3 Å². The van der Waals surface area contributed by atoms with Gasteiger partial charge in [0, 0.05) is 49.1 Å². The smallest absolute Gasteiger partial charge is 0.220 e. The summed E-state index contributed by atoms with van der Waals surface area (Å²) in [6, 6.07) is 0. The molecule has 0 bridgehead atoms. The molecule has 0 rings (SSSR count). The van der Waals surface area contributed by atoms with E-state index in [-0.39, 0.29) is 35.5 Å². The fourth-order valence-electron chi connectivity index (χ4n) is 2.35. The molecule has 0 unspecified atom stereocenters. The predicted octanol–water partition coefficient (Wildman–Crippen LogP) is 2.63. The molecule has 1 amide bonds. The quantitative estimate of drug-likeness (QED) is 0.293. The van der Waals surface area contributed by atoms with Crippen LogP contribution in [0.4, 0.5) is 0 Å². The molecule has 0 aliphatic rings. The maximum atomic E-state index is 11.6. The average molecular weight is 354 g/mol. The first-order valence-corrected chi connectivity index (χ1v) is 9.43. The van der Waals surface area contributed by atoms with Gasteiger partial charge in [0.2, 0.25) is 5.91 Å². The van der Waals surface area contributed by atoms with Crippen molar-refractivity contribution in [1.29, 1.82) is 0 Å². The zero-order valence-electron chi connectivity index (χ0n) is 16.1. The summed E-state index contributed by atoms with van der Waals surface area (Å²) < 4.78 is 10.5. The van der Waals surface area contributed by atoms with Gasteiger partial charge in [-0.05, 0) is 6.42 Å². The van der Waals surface area contributed by atoms with Gasteiger partial charge in [-0.15, -0.1) is 0 Å². The minimum atomic E-state index is 0. The Kier molecular flexibility index (Phi) is 25.9. The maximum Gasteiger partial charge on any atom is 0.220 e. The summed E-state index contributed by atoms with van der Waals surface area (Å²) in [4.78, 5) is 11.6. The van der Waals surface area contributed by atoms with Gasteiger partial charge < -0.3 is 20.5 Å².